The summed E-state index contributed by atoms with van der Waals surface area (Å²) in [5, 5.41) is 5.50. The largest absolute Gasteiger partial charge is 0.322 e. The first kappa shape index (κ1) is 23.5. The second-order valence-corrected chi connectivity index (χ2v) is 11.6. The van der Waals surface area contributed by atoms with Gasteiger partial charge in [-0.2, -0.15) is 0 Å². The highest BCUT2D eigenvalue weighted by Gasteiger charge is 2.33. The standard InChI is InChI=1S/C26H16Br2N2O4S/c27-17-5-1-15(2-6-17)25(31)29-19-9-11-21-22-12-10-20(14-24(22)35(33,34)23(21)13-19)30-26(32)16-3-7-18(28)8-4-16/h1-14H,(H,29,31)(H,30,32). The molecule has 5 rings (SSSR count). The van der Waals surface area contributed by atoms with Gasteiger partial charge in [0, 0.05) is 42.6 Å². The van der Waals surface area contributed by atoms with Gasteiger partial charge in [0.05, 0.1) is 9.79 Å². The first-order valence-electron chi connectivity index (χ1n) is 10.4. The molecule has 4 aromatic rings. The lowest BCUT2D eigenvalue weighted by Crippen LogP contribution is -2.12. The minimum Gasteiger partial charge on any atom is -0.322 e. The van der Waals surface area contributed by atoms with Crippen molar-refractivity contribution >= 4 is 64.9 Å². The van der Waals surface area contributed by atoms with Gasteiger partial charge in [0.2, 0.25) is 9.84 Å². The van der Waals surface area contributed by atoms with Gasteiger partial charge in [-0.05, 0) is 72.8 Å². The smallest absolute Gasteiger partial charge is 0.255 e. The van der Waals surface area contributed by atoms with Crippen molar-refractivity contribution in [2.75, 3.05) is 10.6 Å². The highest BCUT2D eigenvalue weighted by atomic mass is 79.9. The van der Waals surface area contributed by atoms with E-state index in [1.54, 1.807) is 72.8 Å². The minimum atomic E-state index is -3.84. The van der Waals surface area contributed by atoms with E-state index in [9.17, 15) is 18.0 Å². The van der Waals surface area contributed by atoms with Crippen molar-refractivity contribution in [3.63, 3.8) is 0 Å². The topological polar surface area (TPSA) is 92.3 Å². The van der Waals surface area contributed by atoms with Crippen LogP contribution in [0.25, 0.3) is 11.1 Å². The fraction of sp³-hybridized carbons (Fsp3) is 0. The van der Waals surface area contributed by atoms with Crippen LogP contribution in [0.5, 0.6) is 0 Å². The van der Waals surface area contributed by atoms with Gasteiger partial charge < -0.3 is 10.6 Å². The van der Waals surface area contributed by atoms with Crippen LogP contribution in [-0.4, -0.2) is 20.2 Å². The average molecular weight is 612 g/mol. The number of halogens is 2. The molecule has 0 atom stereocenters. The summed E-state index contributed by atoms with van der Waals surface area (Å²) in [6.45, 7) is 0. The molecule has 6 nitrogen and oxygen atoms in total. The molecule has 1 heterocycles. The summed E-state index contributed by atoms with van der Waals surface area (Å²) in [5.74, 6) is -0.688. The number of amides is 2. The van der Waals surface area contributed by atoms with E-state index in [1.807, 2.05) is 0 Å². The quantitative estimate of drug-likeness (QED) is 0.242. The molecule has 2 amide bonds. The lowest BCUT2D eigenvalue weighted by Gasteiger charge is -2.07. The fourth-order valence-electron chi connectivity index (χ4n) is 3.82. The molecule has 1 aliphatic heterocycles. The summed E-state index contributed by atoms with van der Waals surface area (Å²) < 4.78 is 28.4. The van der Waals surface area contributed by atoms with Gasteiger partial charge in [0.15, 0.2) is 0 Å². The molecule has 4 aromatic carbocycles. The number of hydrogen-bond donors (Lipinski definition) is 2. The summed E-state index contributed by atoms with van der Waals surface area (Å²) in [6.07, 6.45) is 0. The van der Waals surface area contributed by atoms with Crippen molar-refractivity contribution in [1.82, 2.24) is 0 Å². The van der Waals surface area contributed by atoms with Crippen LogP contribution in [-0.2, 0) is 9.84 Å². The van der Waals surface area contributed by atoms with Crippen molar-refractivity contribution in [3.05, 3.63) is 105 Å². The number of anilines is 2. The summed E-state index contributed by atoms with van der Waals surface area (Å²) in [4.78, 5) is 25.4. The molecule has 0 saturated heterocycles. The van der Waals surface area contributed by atoms with Crippen LogP contribution < -0.4 is 10.6 Å². The predicted octanol–water partition coefficient (Wildman–Crippen LogP) is 6.53. The molecule has 2 N–H and O–H groups in total. The number of fused-ring (bicyclic) bond motifs is 3. The number of carbonyl (C=O) groups is 2. The van der Waals surface area contributed by atoms with Crippen molar-refractivity contribution in [2.45, 2.75) is 9.79 Å². The fourth-order valence-corrected chi connectivity index (χ4v) is 6.08. The zero-order valence-electron chi connectivity index (χ0n) is 17.9. The molecule has 0 aromatic heterocycles. The Hall–Kier alpha value is -3.27. The minimum absolute atomic E-state index is 0.109. The maximum Gasteiger partial charge on any atom is 0.255 e. The van der Waals surface area contributed by atoms with Crippen LogP contribution in [0.15, 0.2) is 104 Å². The molecule has 9 heteroatoms. The second-order valence-electron chi connectivity index (χ2n) is 7.85. The van der Waals surface area contributed by atoms with Gasteiger partial charge in [-0.1, -0.05) is 44.0 Å². The van der Waals surface area contributed by atoms with E-state index in [-0.39, 0.29) is 21.6 Å². The lowest BCUT2D eigenvalue weighted by atomic mass is 10.0. The Morgan fingerprint density at radius 1 is 0.571 bits per heavy atom. The average Bonchev–Trinajstić information content (AvgIpc) is 3.06. The monoisotopic (exact) mass is 610 g/mol. The Bertz CT molecular complexity index is 1480. The predicted molar refractivity (Wildman–Crippen MR) is 142 cm³/mol. The number of rotatable bonds is 4. The Morgan fingerprint density at radius 2 is 0.943 bits per heavy atom. The van der Waals surface area contributed by atoms with Crippen molar-refractivity contribution in [2.24, 2.45) is 0 Å². The summed E-state index contributed by atoms with van der Waals surface area (Å²) in [7, 11) is -3.84. The summed E-state index contributed by atoms with van der Waals surface area (Å²) in [6, 6.07) is 23.3. The van der Waals surface area contributed by atoms with Crippen molar-refractivity contribution < 1.29 is 18.0 Å². The van der Waals surface area contributed by atoms with Gasteiger partial charge in [-0.15, -0.1) is 0 Å². The number of carbonyl (C=O) groups excluding carboxylic acids is 2. The Balaban J connectivity index is 1.41. The molecule has 35 heavy (non-hydrogen) atoms. The zero-order valence-corrected chi connectivity index (χ0v) is 21.9. The van der Waals surface area contributed by atoms with Gasteiger partial charge in [0.1, 0.15) is 0 Å². The maximum absolute atomic E-state index is 13.3. The molecular formula is C26H16Br2N2O4S. The third-order valence-corrected chi connectivity index (χ3v) is 8.45. The Kier molecular flexibility index (Phi) is 6.08. The van der Waals surface area contributed by atoms with Crippen LogP contribution in [0.2, 0.25) is 0 Å². The number of sulfone groups is 1. The zero-order chi connectivity index (χ0) is 24.7. The van der Waals surface area contributed by atoms with Crippen LogP contribution in [0.4, 0.5) is 11.4 Å². The Morgan fingerprint density at radius 3 is 1.31 bits per heavy atom. The molecular weight excluding hydrogens is 596 g/mol. The molecule has 0 radical (unpaired) electrons. The molecule has 174 valence electrons. The molecule has 0 saturated carbocycles. The van der Waals surface area contributed by atoms with E-state index < -0.39 is 9.84 Å². The van der Waals surface area contributed by atoms with Crippen LogP contribution in [0, 0.1) is 0 Å². The van der Waals surface area contributed by atoms with Gasteiger partial charge >= 0.3 is 0 Å². The molecule has 1 aliphatic rings. The highest BCUT2D eigenvalue weighted by Crippen LogP contribution is 2.45. The third-order valence-electron chi connectivity index (χ3n) is 5.56. The number of benzene rings is 4. The van der Waals surface area contributed by atoms with Crippen LogP contribution in [0.1, 0.15) is 20.7 Å². The Labute approximate surface area is 218 Å². The van der Waals surface area contributed by atoms with Gasteiger partial charge in [-0.3, -0.25) is 9.59 Å². The van der Waals surface area contributed by atoms with E-state index >= 15 is 0 Å². The lowest BCUT2D eigenvalue weighted by molar-refractivity contribution is 0.101. The van der Waals surface area contributed by atoms with E-state index in [2.05, 4.69) is 42.5 Å². The number of hydrogen-bond acceptors (Lipinski definition) is 4. The summed E-state index contributed by atoms with van der Waals surface area (Å²) >= 11 is 6.66. The maximum atomic E-state index is 13.3. The van der Waals surface area contributed by atoms with Gasteiger partial charge in [0.25, 0.3) is 11.8 Å². The third kappa shape index (κ3) is 4.54. The van der Waals surface area contributed by atoms with Crippen LogP contribution >= 0.6 is 31.9 Å². The molecule has 0 aliphatic carbocycles. The van der Waals surface area contributed by atoms with E-state index in [4.69, 9.17) is 0 Å². The van der Waals surface area contributed by atoms with Crippen molar-refractivity contribution in [1.29, 1.82) is 0 Å². The van der Waals surface area contributed by atoms with E-state index in [0.29, 0.717) is 33.6 Å². The number of nitrogens with one attached hydrogen (secondary N) is 2. The highest BCUT2D eigenvalue weighted by molar-refractivity contribution is 9.10. The normalized spacial score (nSPS) is 13.0. The first-order valence-corrected chi connectivity index (χ1v) is 13.5. The molecule has 0 unspecified atom stereocenters. The molecule has 0 spiro atoms. The summed E-state index contributed by atoms with van der Waals surface area (Å²) in [5.41, 5.74) is 2.74. The molecule has 0 fully saturated rings. The van der Waals surface area contributed by atoms with E-state index in [1.165, 1.54) is 12.1 Å². The first-order chi connectivity index (χ1) is 16.7. The van der Waals surface area contributed by atoms with E-state index in [0.717, 1.165) is 8.95 Å². The SMILES string of the molecule is O=C(Nc1ccc2c(c1)S(=O)(=O)c1cc(NC(=O)c3ccc(Br)cc3)ccc1-2)c1ccc(Br)cc1. The molecule has 0 bridgehead atoms. The van der Waals surface area contributed by atoms with Crippen LogP contribution in [0.3, 0.4) is 0 Å². The van der Waals surface area contributed by atoms with Crippen molar-refractivity contribution in [3.8, 4) is 11.1 Å². The second kappa shape index (κ2) is 9.07. The van der Waals surface area contributed by atoms with Gasteiger partial charge in [-0.25, -0.2) is 8.42 Å².